The molecule has 0 bridgehead atoms. The molecule has 4 rings (SSSR count). The van der Waals surface area contributed by atoms with Crippen LogP contribution in [0.25, 0.3) is 10.2 Å². The number of amides is 2. The van der Waals surface area contributed by atoms with Crippen LogP contribution in [-0.2, 0) is 29.0 Å². The number of likely N-dealkylation sites (N-methyl/N-ethyl adjacent to an activating group) is 1. The first kappa shape index (κ1) is 16.3. The average molecular weight is 360 g/mol. The molecule has 8 heteroatoms. The molecule has 2 aliphatic carbocycles. The maximum absolute atomic E-state index is 12.8. The first-order chi connectivity index (χ1) is 12.0. The molecule has 2 amide bonds. The Balaban J connectivity index is 1.49. The van der Waals surface area contributed by atoms with Gasteiger partial charge in [0.25, 0.3) is 5.56 Å². The summed E-state index contributed by atoms with van der Waals surface area (Å²) in [7, 11) is 1.58. The lowest BCUT2D eigenvalue weighted by Crippen LogP contribution is -2.41. The standard InChI is InChI=1S/C17H20N4O3S/c1-20(7-13(22)19-10-5-6-10)14(23)8-21-9-18-16-15(17(21)24)11-3-2-4-12(11)25-16/h9-10H,2-8H2,1H3,(H,19,22). The molecule has 132 valence electrons. The molecule has 2 aromatic heterocycles. The number of hydrogen-bond donors (Lipinski definition) is 1. The van der Waals surface area contributed by atoms with Gasteiger partial charge >= 0.3 is 0 Å². The van der Waals surface area contributed by atoms with Gasteiger partial charge in [-0.05, 0) is 37.7 Å². The Morgan fingerprint density at radius 2 is 2.20 bits per heavy atom. The van der Waals surface area contributed by atoms with E-state index in [1.165, 1.54) is 20.7 Å². The first-order valence-electron chi connectivity index (χ1n) is 8.56. The lowest BCUT2D eigenvalue weighted by atomic mass is 10.2. The van der Waals surface area contributed by atoms with Gasteiger partial charge in [0.1, 0.15) is 11.4 Å². The van der Waals surface area contributed by atoms with E-state index in [1.54, 1.807) is 18.4 Å². The van der Waals surface area contributed by atoms with Gasteiger partial charge in [-0.25, -0.2) is 4.98 Å². The van der Waals surface area contributed by atoms with Gasteiger partial charge in [-0.15, -0.1) is 11.3 Å². The lowest BCUT2D eigenvalue weighted by Gasteiger charge is -2.17. The highest BCUT2D eigenvalue weighted by Gasteiger charge is 2.25. The summed E-state index contributed by atoms with van der Waals surface area (Å²) >= 11 is 1.58. The molecule has 25 heavy (non-hydrogen) atoms. The molecule has 2 heterocycles. The summed E-state index contributed by atoms with van der Waals surface area (Å²) in [6.07, 6.45) is 6.44. The minimum absolute atomic E-state index is 0.00755. The molecule has 0 radical (unpaired) electrons. The number of nitrogens with zero attached hydrogens (tertiary/aromatic N) is 3. The van der Waals surface area contributed by atoms with Crippen molar-refractivity contribution in [1.29, 1.82) is 0 Å². The molecule has 1 N–H and O–H groups in total. The van der Waals surface area contributed by atoms with E-state index in [2.05, 4.69) is 10.3 Å². The second-order valence-corrected chi connectivity index (χ2v) is 7.89. The fourth-order valence-electron chi connectivity index (χ4n) is 3.20. The van der Waals surface area contributed by atoms with Crippen molar-refractivity contribution in [3.8, 4) is 0 Å². The van der Waals surface area contributed by atoms with Crippen molar-refractivity contribution in [2.24, 2.45) is 0 Å². The first-order valence-corrected chi connectivity index (χ1v) is 9.37. The molecule has 0 atom stereocenters. The van der Waals surface area contributed by atoms with E-state index in [9.17, 15) is 14.4 Å². The highest BCUT2D eigenvalue weighted by molar-refractivity contribution is 7.18. The third-order valence-electron chi connectivity index (χ3n) is 4.75. The lowest BCUT2D eigenvalue weighted by molar-refractivity contribution is -0.135. The molecule has 0 aromatic carbocycles. The zero-order valence-electron chi connectivity index (χ0n) is 14.1. The fourth-order valence-corrected chi connectivity index (χ4v) is 4.42. The zero-order valence-corrected chi connectivity index (χ0v) is 14.9. The number of nitrogens with one attached hydrogen (secondary N) is 1. The summed E-state index contributed by atoms with van der Waals surface area (Å²) in [6.45, 7) is -0.0901. The number of carbonyl (C=O) groups excluding carboxylic acids is 2. The van der Waals surface area contributed by atoms with Crippen LogP contribution < -0.4 is 10.9 Å². The van der Waals surface area contributed by atoms with Crippen LogP contribution in [0.5, 0.6) is 0 Å². The second-order valence-electron chi connectivity index (χ2n) is 6.81. The quantitative estimate of drug-likeness (QED) is 0.850. The van der Waals surface area contributed by atoms with Gasteiger partial charge in [-0.3, -0.25) is 19.0 Å². The van der Waals surface area contributed by atoms with Crippen LogP contribution in [0.3, 0.4) is 0 Å². The van der Waals surface area contributed by atoms with Gasteiger partial charge in [0.15, 0.2) is 0 Å². The predicted octanol–water partition coefficient (Wildman–Crippen LogP) is 0.684. The Labute approximate surface area is 148 Å². The van der Waals surface area contributed by atoms with Crippen LogP contribution in [0, 0.1) is 0 Å². The number of thiophene rings is 1. The van der Waals surface area contributed by atoms with Crippen molar-refractivity contribution in [1.82, 2.24) is 19.8 Å². The Hall–Kier alpha value is -2.22. The molecule has 0 saturated heterocycles. The van der Waals surface area contributed by atoms with Crippen molar-refractivity contribution < 1.29 is 9.59 Å². The van der Waals surface area contributed by atoms with Crippen molar-refractivity contribution in [3.05, 3.63) is 27.1 Å². The van der Waals surface area contributed by atoms with E-state index in [0.717, 1.165) is 42.5 Å². The van der Waals surface area contributed by atoms with Gasteiger partial charge in [0.05, 0.1) is 18.3 Å². The van der Waals surface area contributed by atoms with Crippen molar-refractivity contribution in [2.45, 2.75) is 44.7 Å². The van der Waals surface area contributed by atoms with Crippen LogP contribution in [0.1, 0.15) is 29.7 Å². The van der Waals surface area contributed by atoms with E-state index in [4.69, 9.17) is 0 Å². The molecular weight excluding hydrogens is 340 g/mol. The third-order valence-corrected chi connectivity index (χ3v) is 5.95. The van der Waals surface area contributed by atoms with Gasteiger partial charge < -0.3 is 10.2 Å². The highest BCUT2D eigenvalue weighted by atomic mass is 32.1. The Morgan fingerprint density at radius 3 is 2.96 bits per heavy atom. The van der Waals surface area contributed by atoms with Gasteiger partial charge in [-0.1, -0.05) is 0 Å². The average Bonchev–Trinajstić information content (AvgIpc) is 3.13. The summed E-state index contributed by atoms with van der Waals surface area (Å²) in [5, 5.41) is 3.52. The molecule has 2 aromatic rings. The summed E-state index contributed by atoms with van der Waals surface area (Å²) in [4.78, 5) is 44.7. The number of carbonyl (C=O) groups is 2. The van der Waals surface area contributed by atoms with Crippen LogP contribution in [-0.4, -0.2) is 45.9 Å². The molecular formula is C17H20N4O3S. The maximum atomic E-state index is 12.8. The summed E-state index contributed by atoms with van der Waals surface area (Å²) in [5.41, 5.74) is 0.949. The molecule has 0 spiro atoms. The second kappa shape index (κ2) is 6.25. The largest absolute Gasteiger partial charge is 0.352 e. The number of hydrogen-bond acceptors (Lipinski definition) is 5. The van der Waals surface area contributed by atoms with E-state index in [-0.39, 0.29) is 36.5 Å². The van der Waals surface area contributed by atoms with E-state index in [1.807, 2.05) is 0 Å². The predicted molar refractivity (Wildman–Crippen MR) is 94.7 cm³/mol. The smallest absolute Gasteiger partial charge is 0.262 e. The number of fused-ring (bicyclic) bond motifs is 3. The molecule has 7 nitrogen and oxygen atoms in total. The van der Waals surface area contributed by atoms with Crippen LogP contribution in [0.4, 0.5) is 0 Å². The van der Waals surface area contributed by atoms with Crippen LogP contribution >= 0.6 is 11.3 Å². The molecule has 0 unspecified atom stereocenters. The van der Waals surface area contributed by atoms with Crippen molar-refractivity contribution in [2.75, 3.05) is 13.6 Å². The zero-order chi connectivity index (χ0) is 17.6. The Kier molecular flexibility index (Phi) is 4.07. The topological polar surface area (TPSA) is 84.3 Å². The Morgan fingerprint density at radius 1 is 1.40 bits per heavy atom. The number of rotatable bonds is 5. The van der Waals surface area contributed by atoms with Crippen molar-refractivity contribution >= 4 is 33.4 Å². The minimum atomic E-state index is -0.277. The molecule has 1 fully saturated rings. The van der Waals surface area contributed by atoms with Gasteiger partial charge in [0, 0.05) is 18.0 Å². The monoisotopic (exact) mass is 360 g/mol. The summed E-state index contributed by atoms with van der Waals surface area (Å²) in [5.74, 6) is -0.434. The summed E-state index contributed by atoms with van der Waals surface area (Å²) < 4.78 is 1.35. The maximum Gasteiger partial charge on any atom is 0.262 e. The molecule has 2 aliphatic rings. The van der Waals surface area contributed by atoms with Crippen LogP contribution in [0.2, 0.25) is 0 Å². The Bertz CT molecular complexity index is 912. The normalized spacial score (nSPS) is 16.0. The van der Waals surface area contributed by atoms with Gasteiger partial charge in [0.2, 0.25) is 11.8 Å². The molecule has 0 aliphatic heterocycles. The SMILES string of the molecule is CN(CC(=O)NC1CC1)C(=O)Cn1cnc2sc3c(c2c1=O)CCC3. The summed E-state index contributed by atoms with van der Waals surface area (Å²) in [6, 6.07) is 0.269. The minimum Gasteiger partial charge on any atom is -0.352 e. The number of aromatic nitrogens is 2. The van der Waals surface area contributed by atoms with E-state index < -0.39 is 0 Å². The molecule has 1 saturated carbocycles. The third kappa shape index (κ3) is 3.18. The fraction of sp³-hybridized carbons (Fsp3) is 0.529. The van der Waals surface area contributed by atoms with Crippen molar-refractivity contribution in [3.63, 3.8) is 0 Å². The van der Waals surface area contributed by atoms with E-state index in [0.29, 0.717) is 5.39 Å². The van der Waals surface area contributed by atoms with E-state index >= 15 is 0 Å². The number of aryl methyl sites for hydroxylation is 2. The highest BCUT2D eigenvalue weighted by Crippen LogP contribution is 2.34. The van der Waals surface area contributed by atoms with Gasteiger partial charge in [-0.2, -0.15) is 0 Å². The van der Waals surface area contributed by atoms with Crippen LogP contribution in [0.15, 0.2) is 11.1 Å².